The fourth-order valence-corrected chi connectivity index (χ4v) is 3.73. The summed E-state index contributed by atoms with van der Waals surface area (Å²) in [6.07, 6.45) is 0. The Morgan fingerprint density at radius 3 is 2.03 bits per heavy atom. The number of benzene rings is 3. The molecule has 5 rings (SSSR count). The number of fused-ring (bicyclic) bond motifs is 1. The highest BCUT2D eigenvalue weighted by Gasteiger charge is 2.17. The van der Waals surface area contributed by atoms with E-state index in [2.05, 4.69) is 25.1 Å². The quantitative estimate of drug-likeness (QED) is 0.339. The lowest BCUT2D eigenvalue weighted by atomic mass is 10.0. The van der Waals surface area contributed by atoms with Gasteiger partial charge in [0, 0.05) is 21.5 Å². The Bertz CT molecular complexity index is 1290. The molecule has 0 radical (unpaired) electrons. The van der Waals surface area contributed by atoms with E-state index in [9.17, 15) is 0 Å². The van der Waals surface area contributed by atoms with Gasteiger partial charge in [-0.1, -0.05) is 72.3 Å². The van der Waals surface area contributed by atoms with E-state index in [0.717, 1.165) is 44.8 Å². The van der Waals surface area contributed by atoms with Gasteiger partial charge in [0.15, 0.2) is 5.65 Å². The third kappa shape index (κ3) is 3.20. The average molecular weight is 396 g/mol. The van der Waals surface area contributed by atoms with Crippen LogP contribution in [0.4, 0.5) is 0 Å². The van der Waals surface area contributed by atoms with Crippen molar-refractivity contribution in [2.45, 2.75) is 6.92 Å². The summed E-state index contributed by atoms with van der Waals surface area (Å²) in [6, 6.07) is 30.3. The molecule has 0 saturated carbocycles. The van der Waals surface area contributed by atoms with Crippen molar-refractivity contribution in [1.29, 1.82) is 0 Å². The summed E-state index contributed by atoms with van der Waals surface area (Å²) in [5.74, 6) is 0. The molecule has 0 aliphatic heterocycles. The number of halogens is 1. The van der Waals surface area contributed by atoms with Crippen LogP contribution in [0.25, 0.3) is 39.2 Å². The molecule has 0 saturated heterocycles. The summed E-state index contributed by atoms with van der Waals surface area (Å²) in [6.45, 7) is 2.10. The second kappa shape index (κ2) is 7.19. The summed E-state index contributed by atoms with van der Waals surface area (Å²) in [5.41, 5.74) is 6.92. The third-order valence-corrected chi connectivity index (χ3v) is 5.27. The number of hydrogen-bond acceptors (Lipinski definition) is 2. The summed E-state index contributed by atoms with van der Waals surface area (Å²) >= 11 is 6.09. The van der Waals surface area contributed by atoms with E-state index in [4.69, 9.17) is 21.7 Å². The molecule has 4 heteroatoms. The largest absolute Gasteiger partial charge is 0.228 e. The molecule has 0 bridgehead atoms. The van der Waals surface area contributed by atoms with E-state index >= 15 is 0 Å². The zero-order chi connectivity index (χ0) is 19.8. The molecule has 3 nitrogen and oxygen atoms in total. The van der Waals surface area contributed by atoms with Gasteiger partial charge < -0.3 is 0 Å². The Hall–Kier alpha value is -3.43. The van der Waals surface area contributed by atoms with Crippen molar-refractivity contribution in [1.82, 2.24) is 14.8 Å². The summed E-state index contributed by atoms with van der Waals surface area (Å²) in [4.78, 5) is 5.06. The van der Waals surface area contributed by atoms with Gasteiger partial charge in [0.2, 0.25) is 0 Å². The van der Waals surface area contributed by atoms with Gasteiger partial charge in [-0.25, -0.2) is 9.67 Å². The van der Waals surface area contributed by atoms with Crippen LogP contribution in [0.15, 0.2) is 91.0 Å². The second-order valence-corrected chi connectivity index (χ2v) is 7.43. The molecule has 140 valence electrons. The molecule has 29 heavy (non-hydrogen) atoms. The Labute approximate surface area is 174 Å². The molecule has 2 aromatic heterocycles. The van der Waals surface area contributed by atoms with E-state index in [-0.39, 0.29) is 0 Å². The zero-order valence-electron chi connectivity index (χ0n) is 15.9. The minimum Gasteiger partial charge on any atom is -0.228 e. The smallest absolute Gasteiger partial charge is 0.164 e. The van der Waals surface area contributed by atoms with Crippen LogP contribution in [0.5, 0.6) is 0 Å². The zero-order valence-corrected chi connectivity index (χ0v) is 16.6. The van der Waals surface area contributed by atoms with Crippen molar-refractivity contribution in [3.05, 3.63) is 102 Å². The molecule has 0 unspecified atom stereocenters. The van der Waals surface area contributed by atoms with Crippen LogP contribution >= 0.6 is 11.6 Å². The molecular formula is C25H18ClN3. The van der Waals surface area contributed by atoms with Gasteiger partial charge >= 0.3 is 0 Å². The number of pyridine rings is 1. The van der Waals surface area contributed by atoms with Gasteiger partial charge in [-0.15, -0.1) is 0 Å². The first kappa shape index (κ1) is 17.7. The predicted molar refractivity (Wildman–Crippen MR) is 119 cm³/mol. The van der Waals surface area contributed by atoms with Crippen molar-refractivity contribution in [3.63, 3.8) is 0 Å². The van der Waals surface area contributed by atoms with Crippen molar-refractivity contribution in [2.24, 2.45) is 0 Å². The second-order valence-electron chi connectivity index (χ2n) is 6.99. The molecule has 0 atom stereocenters. The van der Waals surface area contributed by atoms with Crippen molar-refractivity contribution in [2.75, 3.05) is 0 Å². The number of para-hydroxylation sites is 1. The van der Waals surface area contributed by atoms with E-state index in [1.807, 2.05) is 77.5 Å². The van der Waals surface area contributed by atoms with E-state index in [1.165, 1.54) is 0 Å². The predicted octanol–water partition coefficient (Wildman–Crippen LogP) is 6.72. The Kier molecular flexibility index (Phi) is 4.38. The lowest BCUT2D eigenvalue weighted by Gasteiger charge is -2.08. The number of nitrogens with zero attached hydrogens (tertiary/aromatic N) is 3. The minimum atomic E-state index is 0.709. The topological polar surface area (TPSA) is 30.7 Å². The molecule has 0 spiro atoms. The molecule has 0 fully saturated rings. The Balaban J connectivity index is 1.81. The van der Waals surface area contributed by atoms with E-state index in [0.29, 0.717) is 5.02 Å². The fourth-order valence-electron chi connectivity index (χ4n) is 3.60. The van der Waals surface area contributed by atoms with Crippen molar-refractivity contribution < 1.29 is 0 Å². The number of aromatic nitrogens is 3. The summed E-state index contributed by atoms with van der Waals surface area (Å²) in [7, 11) is 0. The normalized spacial score (nSPS) is 11.1. The Morgan fingerprint density at radius 1 is 0.724 bits per heavy atom. The molecule has 0 N–H and O–H groups in total. The minimum absolute atomic E-state index is 0.709. The average Bonchev–Trinajstić information content (AvgIpc) is 3.13. The SMILES string of the molecule is Cc1cc2c(-c3ccc(Cl)cc3)nn(-c3ccccc3)c2nc1-c1ccccc1. The maximum atomic E-state index is 6.09. The van der Waals surface area contributed by atoms with Gasteiger partial charge in [-0.05, 0) is 42.8 Å². The lowest BCUT2D eigenvalue weighted by Crippen LogP contribution is -1.99. The highest BCUT2D eigenvalue weighted by molar-refractivity contribution is 6.30. The molecule has 0 amide bonds. The number of rotatable bonds is 3. The molecule has 0 aliphatic carbocycles. The molecule has 0 aliphatic rings. The monoisotopic (exact) mass is 395 g/mol. The number of aryl methyl sites for hydroxylation is 1. The molecule has 2 heterocycles. The van der Waals surface area contributed by atoms with Crippen LogP contribution < -0.4 is 0 Å². The van der Waals surface area contributed by atoms with Crippen LogP contribution in [-0.4, -0.2) is 14.8 Å². The first-order valence-corrected chi connectivity index (χ1v) is 9.86. The summed E-state index contributed by atoms with van der Waals surface area (Å²) < 4.78 is 1.92. The first-order valence-electron chi connectivity index (χ1n) is 9.48. The third-order valence-electron chi connectivity index (χ3n) is 5.01. The Morgan fingerprint density at radius 2 is 1.34 bits per heavy atom. The maximum Gasteiger partial charge on any atom is 0.164 e. The van der Waals surface area contributed by atoms with Crippen LogP contribution in [0.1, 0.15) is 5.56 Å². The van der Waals surface area contributed by atoms with Gasteiger partial charge in [0.1, 0.15) is 5.69 Å². The lowest BCUT2D eigenvalue weighted by molar-refractivity contribution is 0.901. The highest BCUT2D eigenvalue weighted by atomic mass is 35.5. The van der Waals surface area contributed by atoms with Crippen LogP contribution in [0.3, 0.4) is 0 Å². The molecular weight excluding hydrogens is 378 g/mol. The van der Waals surface area contributed by atoms with Crippen LogP contribution in [-0.2, 0) is 0 Å². The van der Waals surface area contributed by atoms with Crippen molar-refractivity contribution in [3.8, 4) is 28.2 Å². The van der Waals surface area contributed by atoms with Crippen molar-refractivity contribution >= 4 is 22.6 Å². The van der Waals surface area contributed by atoms with Crippen LogP contribution in [0, 0.1) is 6.92 Å². The number of hydrogen-bond donors (Lipinski definition) is 0. The van der Waals surface area contributed by atoms with Gasteiger partial charge in [0.05, 0.1) is 11.4 Å². The molecule has 3 aromatic carbocycles. The first-order chi connectivity index (χ1) is 14.2. The fraction of sp³-hybridized carbons (Fsp3) is 0.0400. The van der Waals surface area contributed by atoms with Gasteiger partial charge in [-0.2, -0.15) is 5.10 Å². The van der Waals surface area contributed by atoms with E-state index in [1.54, 1.807) is 0 Å². The summed E-state index contributed by atoms with van der Waals surface area (Å²) in [5, 5.41) is 6.68. The highest BCUT2D eigenvalue weighted by Crippen LogP contribution is 2.33. The van der Waals surface area contributed by atoms with Gasteiger partial charge in [0.25, 0.3) is 0 Å². The standard InChI is InChI=1S/C25H18ClN3/c1-17-16-22-24(19-12-14-20(26)15-13-19)28-29(21-10-6-3-7-11-21)25(22)27-23(17)18-8-4-2-5-9-18/h2-16H,1H3. The van der Waals surface area contributed by atoms with E-state index < -0.39 is 0 Å². The van der Waals surface area contributed by atoms with Crippen LogP contribution in [0.2, 0.25) is 5.02 Å². The van der Waals surface area contributed by atoms with Gasteiger partial charge in [-0.3, -0.25) is 0 Å². The maximum absolute atomic E-state index is 6.09. The molecule has 5 aromatic rings.